The molecule has 0 aliphatic carbocycles. The number of benzene rings is 1. The third-order valence-electron chi connectivity index (χ3n) is 2.36. The summed E-state index contributed by atoms with van der Waals surface area (Å²) in [6.45, 7) is 1.78. The Morgan fingerprint density at radius 3 is 2.84 bits per heavy atom. The molecule has 1 aromatic heterocycles. The van der Waals surface area contributed by atoms with Crippen LogP contribution < -0.4 is 10.5 Å². The summed E-state index contributed by atoms with van der Waals surface area (Å²) in [5.74, 6) is -1.43. The fourth-order valence-corrected chi connectivity index (χ4v) is 1.50. The average Bonchev–Trinajstić information content (AvgIpc) is 2.34. The zero-order chi connectivity index (χ0) is 14.0. The van der Waals surface area contributed by atoms with Gasteiger partial charge in [-0.15, -0.1) is 0 Å². The molecular formula is C12H10FN3O3. The van der Waals surface area contributed by atoms with Gasteiger partial charge in [0.15, 0.2) is 5.82 Å². The number of pyridine rings is 1. The van der Waals surface area contributed by atoms with Crippen LogP contribution in [0, 0.1) is 22.9 Å². The molecule has 0 fully saturated rings. The first-order chi connectivity index (χ1) is 8.99. The predicted molar refractivity (Wildman–Crippen MR) is 66.5 cm³/mol. The number of halogens is 1. The van der Waals surface area contributed by atoms with Crippen LogP contribution in [0.3, 0.4) is 0 Å². The van der Waals surface area contributed by atoms with Crippen LogP contribution in [0.15, 0.2) is 30.5 Å². The molecule has 0 aliphatic rings. The van der Waals surface area contributed by atoms with Crippen molar-refractivity contribution in [1.82, 2.24) is 4.98 Å². The van der Waals surface area contributed by atoms with Gasteiger partial charge in [0.05, 0.1) is 10.6 Å². The van der Waals surface area contributed by atoms with E-state index in [9.17, 15) is 14.5 Å². The van der Waals surface area contributed by atoms with Crippen LogP contribution in [0.4, 0.5) is 15.8 Å². The maximum absolute atomic E-state index is 13.6. The minimum absolute atomic E-state index is 0.0706. The van der Waals surface area contributed by atoms with Gasteiger partial charge in [0.25, 0.3) is 0 Å². The Kier molecular flexibility index (Phi) is 3.28. The SMILES string of the molecule is Cc1cnc(Oc2c(F)cccc2[N+](=O)[O-])c(N)c1. The highest BCUT2D eigenvalue weighted by molar-refractivity contribution is 5.54. The molecule has 2 rings (SSSR count). The number of nitro benzene ring substituents is 1. The van der Waals surface area contributed by atoms with Crippen molar-refractivity contribution in [3.63, 3.8) is 0 Å². The van der Waals surface area contributed by atoms with Gasteiger partial charge in [-0.3, -0.25) is 10.1 Å². The summed E-state index contributed by atoms with van der Waals surface area (Å²) in [5, 5.41) is 10.8. The maximum atomic E-state index is 13.6. The van der Waals surface area contributed by atoms with Crippen molar-refractivity contribution < 1.29 is 14.1 Å². The van der Waals surface area contributed by atoms with E-state index in [1.165, 1.54) is 12.3 Å². The highest BCUT2D eigenvalue weighted by Crippen LogP contribution is 2.34. The number of hydrogen-bond acceptors (Lipinski definition) is 5. The molecule has 0 bridgehead atoms. The number of nitrogens with two attached hydrogens (primary N) is 1. The zero-order valence-corrected chi connectivity index (χ0v) is 9.96. The molecule has 0 amide bonds. The van der Waals surface area contributed by atoms with Gasteiger partial charge in [0, 0.05) is 12.3 Å². The summed E-state index contributed by atoms with van der Waals surface area (Å²) in [6, 6.07) is 5.01. The van der Waals surface area contributed by atoms with Crippen LogP contribution in [0.5, 0.6) is 11.6 Å². The van der Waals surface area contributed by atoms with Crippen LogP contribution >= 0.6 is 0 Å². The second kappa shape index (κ2) is 4.89. The normalized spacial score (nSPS) is 10.2. The number of hydrogen-bond donors (Lipinski definition) is 1. The molecule has 0 saturated heterocycles. The van der Waals surface area contributed by atoms with E-state index in [-0.39, 0.29) is 11.6 Å². The van der Waals surface area contributed by atoms with Gasteiger partial charge in [-0.2, -0.15) is 0 Å². The molecule has 0 aliphatic heterocycles. The second-order valence-electron chi connectivity index (χ2n) is 3.85. The minimum atomic E-state index is -0.851. The third kappa shape index (κ3) is 2.59. The van der Waals surface area contributed by atoms with Crippen molar-refractivity contribution in [2.24, 2.45) is 0 Å². The smallest absolute Gasteiger partial charge is 0.314 e. The average molecular weight is 263 g/mol. The molecule has 1 heterocycles. The maximum Gasteiger partial charge on any atom is 0.314 e. The number of nitrogens with zero attached hydrogens (tertiary/aromatic N) is 2. The molecule has 6 nitrogen and oxygen atoms in total. The Morgan fingerprint density at radius 2 is 2.21 bits per heavy atom. The Hall–Kier alpha value is -2.70. The standard InChI is InChI=1S/C12H10FN3O3/c1-7-5-9(14)12(15-6-7)19-11-8(13)3-2-4-10(11)16(17)18/h2-6H,14H2,1H3. The van der Waals surface area contributed by atoms with Crippen LogP contribution in [0.1, 0.15) is 5.56 Å². The van der Waals surface area contributed by atoms with Crippen LogP contribution in [0.25, 0.3) is 0 Å². The molecule has 2 N–H and O–H groups in total. The molecule has 98 valence electrons. The van der Waals surface area contributed by atoms with E-state index >= 15 is 0 Å². The molecule has 0 spiro atoms. The lowest BCUT2D eigenvalue weighted by atomic mass is 10.2. The van der Waals surface area contributed by atoms with E-state index in [0.29, 0.717) is 0 Å². The molecular weight excluding hydrogens is 253 g/mol. The molecule has 2 aromatic rings. The van der Waals surface area contributed by atoms with Crippen molar-refractivity contribution in [2.45, 2.75) is 6.92 Å². The highest BCUT2D eigenvalue weighted by atomic mass is 19.1. The van der Waals surface area contributed by atoms with Crippen molar-refractivity contribution >= 4 is 11.4 Å². The first-order valence-corrected chi connectivity index (χ1v) is 5.32. The summed E-state index contributed by atoms with van der Waals surface area (Å²) in [7, 11) is 0. The van der Waals surface area contributed by atoms with Gasteiger partial charge >= 0.3 is 5.69 Å². The van der Waals surface area contributed by atoms with Crippen LogP contribution in [-0.2, 0) is 0 Å². The minimum Gasteiger partial charge on any atom is -0.427 e. The first kappa shape index (κ1) is 12.7. The molecule has 0 radical (unpaired) electrons. The molecule has 1 aromatic carbocycles. The van der Waals surface area contributed by atoms with E-state index in [1.54, 1.807) is 13.0 Å². The molecule has 0 saturated carbocycles. The number of rotatable bonds is 3. The summed E-state index contributed by atoms with van der Waals surface area (Å²) in [6.07, 6.45) is 1.47. The van der Waals surface area contributed by atoms with Gasteiger partial charge in [0.2, 0.25) is 11.6 Å². The van der Waals surface area contributed by atoms with E-state index in [2.05, 4.69) is 4.98 Å². The Balaban J connectivity index is 2.46. The van der Waals surface area contributed by atoms with Crippen LogP contribution in [-0.4, -0.2) is 9.91 Å². The van der Waals surface area contributed by atoms with E-state index < -0.39 is 22.2 Å². The fourth-order valence-electron chi connectivity index (χ4n) is 1.50. The molecule has 0 atom stereocenters. The quantitative estimate of drug-likeness (QED) is 0.679. The van der Waals surface area contributed by atoms with E-state index in [1.807, 2.05) is 0 Å². The van der Waals surface area contributed by atoms with Gasteiger partial charge in [-0.25, -0.2) is 9.37 Å². The highest BCUT2D eigenvalue weighted by Gasteiger charge is 2.21. The Morgan fingerprint density at radius 1 is 1.47 bits per heavy atom. The van der Waals surface area contributed by atoms with Gasteiger partial charge in [-0.1, -0.05) is 6.07 Å². The third-order valence-corrected chi connectivity index (χ3v) is 2.36. The summed E-state index contributed by atoms with van der Waals surface area (Å²) in [4.78, 5) is 14.0. The van der Waals surface area contributed by atoms with Crippen molar-refractivity contribution in [1.29, 1.82) is 0 Å². The topological polar surface area (TPSA) is 91.3 Å². The van der Waals surface area contributed by atoms with Gasteiger partial charge in [-0.05, 0) is 24.6 Å². The van der Waals surface area contributed by atoms with Crippen molar-refractivity contribution in [3.8, 4) is 11.6 Å². The summed E-state index contributed by atoms with van der Waals surface area (Å²) < 4.78 is 18.7. The lowest BCUT2D eigenvalue weighted by molar-refractivity contribution is -0.385. The molecule has 0 unspecified atom stereocenters. The lowest BCUT2D eigenvalue weighted by Crippen LogP contribution is -2.00. The van der Waals surface area contributed by atoms with Crippen LogP contribution in [0.2, 0.25) is 0 Å². The monoisotopic (exact) mass is 263 g/mol. The fraction of sp³-hybridized carbons (Fsp3) is 0.0833. The summed E-state index contributed by atoms with van der Waals surface area (Å²) >= 11 is 0. The van der Waals surface area contributed by atoms with Gasteiger partial charge in [0.1, 0.15) is 0 Å². The molecule has 7 heteroatoms. The number of para-hydroxylation sites is 1. The van der Waals surface area contributed by atoms with Crippen molar-refractivity contribution in [3.05, 3.63) is 52.0 Å². The number of nitrogen functional groups attached to an aromatic ring is 1. The van der Waals surface area contributed by atoms with E-state index in [4.69, 9.17) is 10.5 Å². The Labute approximate surface area is 107 Å². The van der Waals surface area contributed by atoms with Crippen molar-refractivity contribution in [2.75, 3.05) is 5.73 Å². The summed E-state index contributed by atoms with van der Waals surface area (Å²) in [5.41, 5.74) is 6.16. The number of nitro groups is 1. The Bertz CT molecular complexity index is 646. The lowest BCUT2D eigenvalue weighted by Gasteiger charge is -2.08. The predicted octanol–water partition coefficient (Wildman–Crippen LogP) is 2.81. The second-order valence-corrected chi connectivity index (χ2v) is 3.85. The number of ether oxygens (including phenoxy) is 1. The van der Waals surface area contributed by atoms with E-state index in [0.717, 1.165) is 17.7 Å². The number of aryl methyl sites for hydroxylation is 1. The molecule has 19 heavy (non-hydrogen) atoms. The largest absolute Gasteiger partial charge is 0.427 e. The van der Waals surface area contributed by atoms with Gasteiger partial charge < -0.3 is 10.5 Å². The number of anilines is 1. The first-order valence-electron chi connectivity index (χ1n) is 5.32. The number of aromatic nitrogens is 1. The zero-order valence-electron chi connectivity index (χ0n) is 9.96.